The van der Waals surface area contributed by atoms with Crippen LogP contribution >= 0.6 is 15.9 Å². The van der Waals surface area contributed by atoms with Crippen molar-refractivity contribution in [2.75, 3.05) is 0 Å². The third kappa shape index (κ3) is 13.9. The van der Waals surface area contributed by atoms with E-state index >= 15 is 0 Å². The molecule has 0 amide bonds. The average Bonchev–Trinajstić information content (AvgIpc) is 2.84. The number of hydrogen-bond acceptors (Lipinski definition) is 0. The van der Waals surface area contributed by atoms with Gasteiger partial charge in [-0.05, 0) is 48.6 Å². The Balaban J connectivity index is 0.000000967. The molecular weight excluding hydrogens is 440 g/mol. The second-order valence-corrected chi connectivity index (χ2v) is 6.90. The molecule has 0 unspecified atom stereocenters. The fourth-order valence-electron chi connectivity index (χ4n) is 2.10. The van der Waals surface area contributed by atoms with Crippen LogP contribution in [0.25, 0.3) is 18.2 Å². The monoisotopic (exact) mass is 474 g/mol. The summed E-state index contributed by atoms with van der Waals surface area (Å²) in [5.41, 5.74) is 6.01. The lowest BCUT2D eigenvalue weighted by Gasteiger charge is -1.98. The largest absolute Gasteiger partial charge is 0.0991 e. The molecular formula is C30H35Br. The number of benzene rings is 2. The predicted octanol–water partition coefficient (Wildman–Crippen LogP) is 9.84. The molecule has 31 heavy (non-hydrogen) atoms. The summed E-state index contributed by atoms with van der Waals surface area (Å²) in [5, 5.41) is 0.896. The summed E-state index contributed by atoms with van der Waals surface area (Å²) in [6.07, 6.45) is 19.6. The van der Waals surface area contributed by atoms with Crippen LogP contribution in [0.5, 0.6) is 0 Å². The summed E-state index contributed by atoms with van der Waals surface area (Å²) in [7, 11) is 0. The van der Waals surface area contributed by atoms with Gasteiger partial charge < -0.3 is 0 Å². The highest BCUT2D eigenvalue weighted by Gasteiger charge is 1.92. The third-order valence-corrected chi connectivity index (χ3v) is 4.72. The number of alkyl halides is 1. The van der Waals surface area contributed by atoms with E-state index in [0.29, 0.717) is 0 Å². The lowest BCUT2D eigenvalue weighted by molar-refractivity contribution is 1.43. The van der Waals surface area contributed by atoms with Crippen molar-refractivity contribution in [1.29, 1.82) is 0 Å². The second-order valence-electron chi connectivity index (χ2n) is 6.34. The van der Waals surface area contributed by atoms with E-state index in [9.17, 15) is 0 Å². The lowest BCUT2D eigenvalue weighted by Crippen LogP contribution is -1.78. The molecule has 1 heteroatoms. The Morgan fingerprint density at radius 3 is 1.45 bits per heavy atom. The lowest BCUT2D eigenvalue weighted by atomic mass is 10.1. The van der Waals surface area contributed by atoms with Gasteiger partial charge in [-0.25, -0.2) is 0 Å². The van der Waals surface area contributed by atoms with Gasteiger partial charge in [0.2, 0.25) is 0 Å². The summed E-state index contributed by atoms with van der Waals surface area (Å²) in [5.74, 6) is 0. The molecule has 0 bridgehead atoms. The van der Waals surface area contributed by atoms with E-state index in [1.807, 2.05) is 45.1 Å². The zero-order valence-electron chi connectivity index (χ0n) is 19.1. The maximum absolute atomic E-state index is 3.79. The van der Waals surface area contributed by atoms with Crippen molar-refractivity contribution in [2.45, 2.75) is 26.1 Å². The molecule has 0 saturated carbocycles. The summed E-state index contributed by atoms with van der Waals surface area (Å²) in [6, 6.07) is 17.1. The molecule has 0 N–H and O–H groups in total. The Bertz CT molecular complexity index is 863. The van der Waals surface area contributed by atoms with Gasteiger partial charge in [-0.2, -0.15) is 0 Å². The highest BCUT2D eigenvalue weighted by Crippen LogP contribution is 2.13. The van der Waals surface area contributed by atoms with Crippen molar-refractivity contribution < 1.29 is 0 Å². The smallest absolute Gasteiger partial charge is 0.0283 e. The maximum Gasteiger partial charge on any atom is 0.0283 e. The van der Waals surface area contributed by atoms with E-state index in [2.05, 4.69) is 109 Å². The fraction of sp³-hybridized carbons (Fsp3) is 0.133. The van der Waals surface area contributed by atoms with Gasteiger partial charge in [0, 0.05) is 5.33 Å². The van der Waals surface area contributed by atoms with Crippen LogP contribution in [0.2, 0.25) is 0 Å². The van der Waals surface area contributed by atoms with Crippen LogP contribution < -0.4 is 0 Å². The van der Waals surface area contributed by atoms with E-state index in [-0.39, 0.29) is 0 Å². The fourth-order valence-corrected chi connectivity index (χ4v) is 2.48. The van der Waals surface area contributed by atoms with Gasteiger partial charge in [-0.15, -0.1) is 0 Å². The third-order valence-electron chi connectivity index (χ3n) is 4.08. The average molecular weight is 476 g/mol. The molecule has 0 atom stereocenters. The van der Waals surface area contributed by atoms with Crippen molar-refractivity contribution in [3.05, 3.63) is 139 Å². The van der Waals surface area contributed by atoms with Gasteiger partial charge in [-0.3, -0.25) is 0 Å². The minimum absolute atomic E-state index is 0.896. The first-order valence-corrected chi connectivity index (χ1v) is 11.4. The van der Waals surface area contributed by atoms with E-state index in [1.165, 1.54) is 22.3 Å². The Hall–Kier alpha value is -2.90. The van der Waals surface area contributed by atoms with Gasteiger partial charge in [0.25, 0.3) is 0 Å². The molecule has 0 spiro atoms. The zero-order chi connectivity index (χ0) is 23.3. The van der Waals surface area contributed by atoms with Crippen LogP contribution in [0.15, 0.2) is 116 Å². The summed E-state index contributed by atoms with van der Waals surface area (Å²) in [4.78, 5) is 0. The van der Waals surface area contributed by atoms with Crippen LogP contribution in [0.3, 0.4) is 0 Å². The van der Waals surface area contributed by atoms with Crippen molar-refractivity contribution in [1.82, 2.24) is 0 Å². The molecule has 2 aromatic carbocycles. The SMILES string of the molecule is C/C=C\C.C=CC(/C=C/c1ccc(/C=C/c2ccc(CBr)cc2)cc1)=C\C.C=CC=C. The highest BCUT2D eigenvalue weighted by molar-refractivity contribution is 9.08. The zero-order valence-corrected chi connectivity index (χ0v) is 20.7. The molecule has 0 radical (unpaired) electrons. The van der Waals surface area contributed by atoms with Crippen LogP contribution in [-0.4, -0.2) is 0 Å². The van der Waals surface area contributed by atoms with Gasteiger partial charge in [0.15, 0.2) is 0 Å². The van der Waals surface area contributed by atoms with E-state index in [1.54, 1.807) is 12.2 Å². The van der Waals surface area contributed by atoms with Crippen LogP contribution in [0, 0.1) is 0 Å². The molecule has 0 aromatic heterocycles. The summed E-state index contributed by atoms with van der Waals surface area (Å²) >= 11 is 3.46. The van der Waals surface area contributed by atoms with Crippen molar-refractivity contribution >= 4 is 34.2 Å². The van der Waals surface area contributed by atoms with Gasteiger partial charge in [-0.1, -0.05) is 145 Å². The molecule has 2 aromatic rings. The molecule has 2 rings (SSSR count). The molecule has 0 aliphatic rings. The van der Waals surface area contributed by atoms with E-state index < -0.39 is 0 Å². The Kier molecular flexibility index (Phi) is 17.3. The summed E-state index contributed by atoms with van der Waals surface area (Å²) in [6.45, 7) is 16.5. The minimum atomic E-state index is 0.896. The number of hydrogen-bond donors (Lipinski definition) is 0. The topological polar surface area (TPSA) is 0 Å². The first kappa shape index (κ1) is 28.1. The van der Waals surface area contributed by atoms with Crippen molar-refractivity contribution in [3.8, 4) is 0 Å². The van der Waals surface area contributed by atoms with Gasteiger partial charge in [0.05, 0.1) is 0 Å². The standard InChI is InChI=1S/C22H21Br.C4H8.C4H6/c1-3-18(4-2)5-6-19-7-9-20(10-8-19)11-12-21-13-15-22(17-23)16-14-21;2*1-3-4-2/h3-16H,1,17H2,2H3;3-4H,1-2H3;3-4H,1-2H2/b6-5+,12-11+,18-4+;4-3-;. The van der Waals surface area contributed by atoms with Gasteiger partial charge in [0.1, 0.15) is 0 Å². The molecule has 0 fully saturated rings. The number of allylic oxidation sites excluding steroid dienone is 8. The van der Waals surface area contributed by atoms with E-state index in [0.717, 1.165) is 10.9 Å². The highest BCUT2D eigenvalue weighted by atomic mass is 79.9. The Labute approximate surface area is 198 Å². The molecule has 0 aliphatic heterocycles. The Morgan fingerprint density at radius 1 is 0.710 bits per heavy atom. The molecule has 0 aliphatic carbocycles. The van der Waals surface area contributed by atoms with Gasteiger partial charge >= 0.3 is 0 Å². The normalized spacial score (nSPS) is 10.9. The molecule has 0 saturated heterocycles. The predicted molar refractivity (Wildman–Crippen MR) is 148 cm³/mol. The molecule has 0 heterocycles. The Morgan fingerprint density at radius 2 is 1.13 bits per heavy atom. The minimum Gasteiger partial charge on any atom is -0.0991 e. The molecule has 0 nitrogen and oxygen atoms in total. The van der Waals surface area contributed by atoms with Crippen LogP contribution in [0.1, 0.15) is 43.0 Å². The molecule has 162 valence electrons. The van der Waals surface area contributed by atoms with Crippen molar-refractivity contribution in [2.24, 2.45) is 0 Å². The first-order chi connectivity index (χ1) is 15.1. The summed E-state index contributed by atoms with van der Waals surface area (Å²) < 4.78 is 0. The van der Waals surface area contributed by atoms with Crippen LogP contribution in [-0.2, 0) is 5.33 Å². The van der Waals surface area contributed by atoms with E-state index in [4.69, 9.17) is 0 Å². The second kappa shape index (κ2) is 19.1. The number of rotatable bonds is 7. The van der Waals surface area contributed by atoms with Crippen molar-refractivity contribution in [3.63, 3.8) is 0 Å². The first-order valence-electron chi connectivity index (χ1n) is 10.3. The van der Waals surface area contributed by atoms with Crippen LogP contribution in [0.4, 0.5) is 0 Å². The maximum atomic E-state index is 3.79. The number of halogens is 1. The quantitative estimate of drug-likeness (QED) is 0.162.